The van der Waals surface area contributed by atoms with Crippen LogP contribution in [0.5, 0.6) is 0 Å². The van der Waals surface area contributed by atoms with Crippen LogP contribution in [0.1, 0.15) is 0 Å². The summed E-state index contributed by atoms with van der Waals surface area (Å²) in [6, 6.07) is -1.00. The third-order valence-corrected chi connectivity index (χ3v) is 0.463. The summed E-state index contributed by atoms with van der Waals surface area (Å²) in [5, 5.41) is 13.2. The first-order chi connectivity index (χ1) is 4.66. The number of hydrazone groups is 1. The van der Waals surface area contributed by atoms with E-state index >= 15 is 0 Å². The summed E-state index contributed by atoms with van der Waals surface area (Å²) in [4.78, 5) is 19.7. The fourth-order valence-corrected chi connectivity index (χ4v) is 0.211. The van der Waals surface area contributed by atoms with E-state index in [1.54, 1.807) is 0 Å². The molecular weight excluding hydrogens is 142 g/mol. The van der Waals surface area contributed by atoms with Crippen LogP contribution in [0.3, 0.4) is 0 Å². The molecule has 0 aromatic heterocycles. The number of nitrogens with one attached hydrogen (secondary N) is 2. The Balaban J connectivity index is 3.54. The highest BCUT2D eigenvalue weighted by molar-refractivity contribution is 5.85. The normalized spacial score (nSPS) is 9.20. The summed E-state index contributed by atoms with van der Waals surface area (Å²) in [6.07, 6.45) is 0.818. The van der Waals surface area contributed by atoms with E-state index in [0.29, 0.717) is 0 Å². The van der Waals surface area contributed by atoms with Crippen molar-refractivity contribution in [1.82, 2.24) is 10.7 Å². The smallest absolute Gasteiger partial charge is 0.322 e. The van der Waals surface area contributed by atoms with E-state index in [1.807, 2.05) is 5.32 Å². The van der Waals surface area contributed by atoms with Crippen LogP contribution in [0.4, 0.5) is 4.79 Å². The molecule has 0 aromatic carbocycles. The summed E-state index contributed by atoms with van der Waals surface area (Å²) in [5.41, 5.74) is 1.30. The molecule has 0 aliphatic rings. The number of carbonyl (C=O) groups is 1. The SMILES string of the molecule is NN=CNC(=O)N[N+](=O)[O-]. The average Bonchev–Trinajstić information content (AvgIpc) is 1.82. The molecule has 8 heteroatoms. The summed E-state index contributed by atoms with van der Waals surface area (Å²) >= 11 is 0. The van der Waals surface area contributed by atoms with Crippen LogP contribution in [0.25, 0.3) is 0 Å². The van der Waals surface area contributed by atoms with Gasteiger partial charge in [-0.3, -0.25) is 5.32 Å². The van der Waals surface area contributed by atoms with Gasteiger partial charge in [-0.1, -0.05) is 5.43 Å². The molecule has 0 atom stereocenters. The zero-order valence-electron chi connectivity index (χ0n) is 4.77. The largest absolute Gasteiger partial charge is 0.377 e. The molecular formula is C2H5N5O3. The second-order valence-electron chi connectivity index (χ2n) is 1.12. The Morgan fingerprint density at radius 3 is 2.80 bits per heavy atom. The Bertz CT molecular complexity index is 164. The Hall–Kier alpha value is -1.86. The minimum absolute atomic E-state index is 0.818. The van der Waals surface area contributed by atoms with E-state index in [-0.39, 0.29) is 0 Å². The van der Waals surface area contributed by atoms with Gasteiger partial charge in [0.1, 0.15) is 6.34 Å². The molecule has 56 valence electrons. The van der Waals surface area contributed by atoms with E-state index in [9.17, 15) is 14.9 Å². The number of hydrazine groups is 1. The molecule has 0 fully saturated rings. The van der Waals surface area contributed by atoms with E-state index in [4.69, 9.17) is 0 Å². The first-order valence-electron chi connectivity index (χ1n) is 2.10. The number of carbonyl (C=O) groups excluding carboxylic acids is 1. The first kappa shape index (κ1) is 8.14. The van der Waals surface area contributed by atoms with Gasteiger partial charge in [-0.25, -0.2) is 14.9 Å². The van der Waals surface area contributed by atoms with Gasteiger partial charge in [-0.2, -0.15) is 5.10 Å². The molecule has 0 bridgehead atoms. The van der Waals surface area contributed by atoms with Crippen molar-refractivity contribution in [2.45, 2.75) is 0 Å². The van der Waals surface area contributed by atoms with Crippen LogP contribution in [0.2, 0.25) is 0 Å². The van der Waals surface area contributed by atoms with Crippen molar-refractivity contribution >= 4 is 12.4 Å². The van der Waals surface area contributed by atoms with E-state index in [0.717, 1.165) is 6.34 Å². The predicted octanol–water partition coefficient (Wildman–Crippen LogP) is -1.62. The second-order valence-corrected chi connectivity index (χ2v) is 1.12. The van der Waals surface area contributed by atoms with Gasteiger partial charge in [-0.05, 0) is 0 Å². The van der Waals surface area contributed by atoms with Gasteiger partial charge in [0.05, 0.1) is 0 Å². The van der Waals surface area contributed by atoms with Crippen LogP contribution in [0, 0.1) is 10.1 Å². The van der Waals surface area contributed by atoms with Crippen molar-refractivity contribution in [3.05, 3.63) is 10.1 Å². The number of amides is 2. The molecule has 4 N–H and O–H groups in total. The summed E-state index contributed by atoms with van der Waals surface area (Å²) in [7, 11) is 0. The van der Waals surface area contributed by atoms with Gasteiger partial charge in [0, 0.05) is 0 Å². The predicted molar refractivity (Wildman–Crippen MR) is 31.3 cm³/mol. The third-order valence-electron chi connectivity index (χ3n) is 0.463. The molecule has 0 radical (unpaired) electrons. The first-order valence-corrected chi connectivity index (χ1v) is 2.10. The van der Waals surface area contributed by atoms with Gasteiger partial charge in [-0.15, -0.1) is 0 Å². The number of nitrogens with two attached hydrogens (primary N) is 1. The topological polar surface area (TPSA) is 123 Å². The Morgan fingerprint density at radius 2 is 2.40 bits per heavy atom. The fraction of sp³-hybridized carbons (Fsp3) is 0. The molecule has 0 saturated carbocycles. The lowest BCUT2D eigenvalue weighted by molar-refractivity contribution is -0.527. The summed E-state index contributed by atoms with van der Waals surface area (Å²) in [6.45, 7) is 0. The molecule has 10 heavy (non-hydrogen) atoms. The average molecular weight is 147 g/mol. The number of nitro groups is 1. The maximum atomic E-state index is 10.2. The molecule has 2 amide bonds. The molecule has 8 nitrogen and oxygen atoms in total. The molecule has 0 saturated heterocycles. The van der Waals surface area contributed by atoms with Crippen molar-refractivity contribution in [1.29, 1.82) is 0 Å². The highest BCUT2D eigenvalue weighted by Crippen LogP contribution is 1.60. The lowest BCUT2D eigenvalue weighted by atomic mass is 11.0. The Kier molecular flexibility index (Phi) is 3.31. The lowest BCUT2D eigenvalue weighted by Gasteiger charge is -1.91. The number of rotatable bonds is 2. The van der Waals surface area contributed by atoms with Crippen molar-refractivity contribution in [2.24, 2.45) is 10.9 Å². The van der Waals surface area contributed by atoms with Gasteiger partial charge in [0.25, 0.3) is 0 Å². The number of urea groups is 1. The molecule has 0 aliphatic heterocycles. The van der Waals surface area contributed by atoms with Crippen molar-refractivity contribution in [2.75, 3.05) is 0 Å². The Morgan fingerprint density at radius 1 is 1.80 bits per heavy atom. The molecule has 0 aromatic rings. The third kappa shape index (κ3) is 4.30. The molecule has 0 spiro atoms. The fourth-order valence-electron chi connectivity index (χ4n) is 0.211. The van der Waals surface area contributed by atoms with Gasteiger partial charge < -0.3 is 5.84 Å². The van der Waals surface area contributed by atoms with Crippen LogP contribution >= 0.6 is 0 Å². The zero-order chi connectivity index (χ0) is 7.98. The number of hydrogen-bond donors (Lipinski definition) is 3. The van der Waals surface area contributed by atoms with Gasteiger partial charge in [0.2, 0.25) is 0 Å². The second kappa shape index (κ2) is 4.06. The molecule has 0 rings (SSSR count). The Labute approximate surface area is 55.2 Å². The molecule has 0 unspecified atom stereocenters. The minimum atomic E-state index is -1.00. The zero-order valence-corrected chi connectivity index (χ0v) is 4.77. The maximum absolute atomic E-state index is 10.2. The van der Waals surface area contributed by atoms with Crippen LogP contribution in [-0.4, -0.2) is 17.4 Å². The van der Waals surface area contributed by atoms with Crippen molar-refractivity contribution in [3.63, 3.8) is 0 Å². The lowest BCUT2D eigenvalue weighted by Crippen LogP contribution is -2.38. The maximum Gasteiger partial charge on any atom is 0.377 e. The van der Waals surface area contributed by atoms with Crippen LogP contribution < -0.4 is 16.6 Å². The van der Waals surface area contributed by atoms with E-state index in [1.165, 1.54) is 5.43 Å². The van der Waals surface area contributed by atoms with Gasteiger partial charge in [0.15, 0.2) is 5.03 Å². The van der Waals surface area contributed by atoms with E-state index in [2.05, 4.69) is 10.9 Å². The minimum Gasteiger partial charge on any atom is -0.322 e. The van der Waals surface area contributed by atoms with E-state index < -0.39 is 11.1 Å². The number of hydrogen-bond acceptors (Lipinski definition) is 5. The van der Waals surface area contributed by atoms with Crippen LogP contribution in [0.15, 0.2) is 5.10 Å². The van der Waals surface area contributed by atoms with Crippen molar-refractivity contribution in [3.8, 4) is 0 Å². The van der Waals surface area contributed by atoms with Crippen molar-refractivity contribution < 1.29 is 9.83 Å². The summed E-state index contributed by atoms with van der Waals surface area (Å²) < 4.78 is 0. The van der Waals surface area contributed by atoms with Crippen LogP contribution in [-0.2, 0) is 0 Å². The highest BCUT2D eigenvalue weighted by atomic mass is 16.7. The number of nitrogens with zero attached hydrogens (tertiary/aromatic N) is 2. The quantitative estimate of drug-likeness (QED) is 0.143. The monoisotopic (exact) mass is 147 g/mol. The molecule has 0 aliphatic carbocycles. The standard InChI is InChI=1S/C2H5N5O3/c3-5-1-4-2(8)6-7(9)10/h1H,3H2,(H2,4,5,6,8). The summed E-state index contributed by atoms with van der Waals surface area (Å²) in [5.74, 6) is 4.56. The van der Waals surface area contributed by atoms with Gasteiger partial charge >= 0.3 is 6.03 Å². The highest BCUT2D eigenvalue weighted by Gasteiger charge is 2.02. The molecule has 0 heterocycles.